The molecule has 280 valence electrons. The number of ether oxygens (including phenoxy) is 2. The maximum Gasteiger partial charge on any atom is 0.472 e. The maximum absolute atomic E-state index is 12.4. The SMILES string of the molecule is CC(=O)CC(=O)OC(COCCCCCCCCCCCCCCC(C)C)COP(=O)(O)OCCCCCCCCCC[N+](C)(C)C. The third kappa shape index (κ3) is 36.3. The highest BCUT2D eigenvalue weighted by molar-refractivity contribution is 7.47. The fourth-order valence-corrected chi connectivity index (χ4v) is 6.22. The van der Waals surface area contributed by atoms with Gasteiger partial charge in [0.1, 0.15) is 18.3 Å². The summed E-state index contributed by atoms with van der Waals surface area (Å²) in [5.74, 6) is -0.195. The number of phosphoric acid groups is 1. The summed E-state index contributed by atoms with van der Waals surface area (Å²) in [7, 11) is 2.37. The number of Topliss-reactive ketones (excluding diaryl/α,β-unsaturated/α-hetero) is 1. The third-order valence-corrected chi connectivity index (χ3v) is 9.20. The summed E-state index contributed by atoms with van der Waals surface area (Å²) in [6.45, 7) is 7.42. The number of ketones is 1. The first-order valence-corrected chi connectivity index (χ1v) is 20.5. The lowest BCUT2D eigenvalue weighted by Crippen LogP contribution is -2.35. The number of hydrogen-bond acceptors (Lipinski definition) is 7. The van der Waals surface area contributed by atoms with Crippen LogP contribution in [0.4, 0.5) is 0 Å². The molecule has 10 heteroatoms. The fourth-order valence-electron chi connectivity index (χ4n) is 5.43. The van der Waals surface area contributed by atoms with E-state index in [0.29, 0.717) is 13.0 Å². The second-order valence-electron chi connectivity index (χ2n) is 14.9. The molecule has 0 aromatic carbocycles. The zero-order chi connectivity index (χ0) is 35.2. The molecule has 0 amide bonds. The van der Waals surface area contributed by atoms with Crippen molar-refractivity contribution in [1.29, 1.82) is 0 Å². The van der Waals surface area contributed by atoms with E-state index in [1.807, 2.05) is 0 Å². The molecule has 0 spiro atoms. The summed E-state index contributed by atoms with van der Waals surface area (Å²) in [5.41, 5.74) is 0. The lowest BCUT2D eigenvalue weighted by atomic mass is 10.0. The first-order chi connectivity index (χ1) is 22.3. The Hall–Kier alpha value is -0.830. The van der Waals surface area contributed by atoms with E-state index in [4.69, 9.17) is 18.5 Å². The highest BCUT2D eigenvalue weighted by Crippen LogP contribution is 2.43. The summed E-state index contributed by atoms with van der Waals surface area (Å²) in [6.07, 6.45) is 24.0. The molecule has 2 unspecified atom stereocenters. The highest BCUT2D eigenvalue weighted by Gasteiger charge is 2.25. The number of nitrogens with zero attached hydrogens (tertiary/aromatic N) is 1. The molecule has 0 saturated carbocycles. The van der Waals surface area contributed by atoms with Crippen molar-refractivity contribution < 1.29 is 42.1 Å². The average Bonchev–Trinajstić information content (AvgIpc) is 2.97. The van der Waals surface area contributed by atoms with Gasteiger partial charge in [-0.2, -0.15) is 0 Å². The monoisotopic (exact) mass is 693 g/mol. The Labute approximate surface area is 289 Å². The summed E-state index contributed by atoms with van der Waals surface area (Å²) < 4.78 is 34.7. The van der Waals surface area contributed by atoms with E-state index in [1.54, 1.807) is 0 Å². The van der Waals surface area contributed by atoms with Crippen LogP contribution in [0.3, 0.4) is 0 Å². The largest absolute Gasteiger partial charge is 0.472 e. The quantitative estimate of drug-likeness (QED) is 0.0230. The van der Waals surface area contributed by atoms with Crippen molar-refractivity contribution in [2.24, 2.45) is 5.92 Å². The van der Waals surface area contributed by atoms with Crippen LogP contribution in [0.5, 0.6) is 0 Å². The van der Waals surface area contributed by atoms with E-state index < -0.39 is 19.9 Å². The first kappa shape index (κ1) is 46.2. The molecule has 0 aromatic rings. The highest BCUT2D eigenvalue weighted by atomic mass is 31.2. The fraction of sp³-hybridized carbons (Fsp3) is 0.946. The smallest absolute Gasteiger partial charge is 0.457 e. The molecular weight excluding hydrogens is 617 g/mol. The van der Waals surface area contributed by atoms with Gasteiger partial charge in [0, 0.05) is 6.61 Å². The van der Waals surface area contributed by atoms with Crippen LogP contribution in [0, 0.1) is 5.92 Å². The number of unbranched alkanes of at least 4 members (excludes halogenated alkanes) is 18. The third-order valence-electron chi connectivity index (χ3n) is 8.22. The minimum Gasteiger partial charge on any atom is -0.457 e. The molecule has 47 heavy (non-hydrogen) atoms. The van der Waals surface area contributed by atoms with E-state index in [1.165, 1.54) is 110 Å². The molecule has 0 aliphatic heterocycles. The number of quaternary nitrogens is 1. The van der Waals surface area contributed by atoms with Crippen molar-refractivity contribution >= 4 is 19.6 Å². The second-order valence-corrected chi connectivity index (χ2v) is 16.4. The Morgan fingerprint density at radius 2 is 1.09 bits per heavy atom. The predicted octanol–water partition coefficient (Wildman–Crippen LogP) is 9.58. The Morgan fingerprint density at radius 1 is 0.638 bits per heavy atom. The van der Waals surface area contributed by atoms with E-state index in [2.05, 4.69) is 35.0 Å². The van der Waals surface area contributed by atoms with Crippen LogP contribution in [-0.2, 0) is 32.7 Å². The normalized spacial score (nSPS) is 14.0. The van der Waals surface area contributed by atoms with Crippen LogP contribution in [0.15, 0.2) is 0 Å². The van der Waals surface area contributed by atoms with Gasteiger partial charge in [0.05, 0.1) is 47.5 Å². The zero-order valence-electron chi connectivity index (χ0n) is 31.4. The van der Waals surface area contributed by atoms with Gasteiger partial charge in [-0.1, -0.05) is 123 Å². The van der Waals surface area contributed by atoms with Gasteiger partial charge < -0.3 is 18.9 Å². The van der Waals surface area contributed by atoms with Crippen molar-refractivity contribution in [3.63, 3.8) is 0 Å². The van der Waals surface area contributed by atoms with Crippen molar-refractivity contribution in [1.82, 2.24) is 0 Å². The van der Waals surface area contributed by atoms with Gasteiger partial charge >= 0.3 is 13.8 Å². The summed E-state index contributed by atoms with van der Waals surface area (Å²) in [5, 5.41) is 0. The number of rotatable bonds is 35. The summed E-state index contributed by atoms with van der Waals surface area (Å²) >= 11 is 0. The molecule has 0 heterocycles. The number of carbonyl (C=O) groups is 2. The van der Waals surface area contributed by atoms with Gasteiger partial charge in [-0.3, -0.25) is 18.6 Å². The Kier molecular flexibility index (Phi) is 29.5. The van der Waals surface area contributed by atoms with Crippen molar-refractivity contribution in [2.45, 2.75) is 168 Å². The Morgan fingerprint density at radius 3 is 1.55 bits per heavy atom. The number of phosphoric ester groups is 1. The molecule has 0 fully saturated rings. The molecule has 1 N–H and O–H groups in total. The van der Waals surface area contributed by atoms with Crippen molar-refractivity contribution in [2.75, 3.05) is 54.1 Å². The second kappa shape index (κ2) is 30.0. The molecule has 0 bridgehead atoms. The van der Waals surface area contributed by atoms with Crippen LogP contribution in [0.1, 0.15) is 162 Å². The van der Waals surface area contributed by atoms with Crippen LogP contribution < -0.4 is 0 Å². The lowest BCUT2D eigenvalue weighted by molar-refractivity contribution is -0.870. The van der Waals surface area contributed by atoms with Crippen molar-refractivity contribution in [3.05, 3.63) is 0 Å². The molecule has 0 aliphatic carbocycles. The van der Waals surface area contributed by atoms with Gasteiger partial charge in [-0.25, -0.2) is 4.57 Å². The van der Waals surface area contributed by atoms with Gasteiger partial charge in [-0.15, -0.1) is 0 Å². The number of esters is 1. The molecule has 0 aromatic heterocycles. The minimum atomic E-state index is -4.30. The van der Waals surface area contributed by atoms with Crippen LogP contribution in [0.25, 0.3) is 0 Å². The molecule has 0 aliphatic rings. The van der Waals surface area contributed by atoms with Gasteiger partial charge in [-0.05, 0) is 38.5 Å². The topological polar surface area (TPSA) is 108 Å². The van der Waals surface area contributed by atoms with E-state index in [9.17, 15) is 19.0 Å². The van der Waals surface area contributed by atoms with Gasteiger partial charge in [0.15, 0.2) is 0 Å². The lowest BCUT2D eigenvalue weighted by Gasteiger charge is -2.23. The van der Waals surface area contributed by atoms with Crippen molar-refractivity contribution in [3.8, 4) is 0 Å². The molecular formula is C37H75NO8P+. The van der Waals surface area contributed by atoms with E-state index in [0.717, 1.165) is 42.5 Å². The zero-order valence-corrected chi connectivity index (χ0v) is 32.3. The Balaban J connectivity index is 4.03. The molecule has 0 radical (unpaired) electrons. The molecule has 2 atom stereocenters. The first-order valence-electron chi connectivity index (χ1n) is 19.0. The minimum absolute atomic E-state index is 0.0243. The summed E-state index contributed by atoms with van der Waals surface area (Å²) in [6, 6.07) is 0. The van der Waals surface area contributed by atoms with E-state index >= 15 is 0 Å². The Bertz CT molecular complexity index is 802. The maximum atomic E-state index is 12.4. The van der Waals surface area contributed by atoms with Crippen LogP contribution in [-0.4, -0.2) is 81.3 Å². The van der Waals surface area contributed by atoms with Crippen LogP contribution in [0.2, 0.25) is 0 Å². The molecule has 9 nitrogen and oxygen atoms in total. The van der Waals surface area contributed by atoms with Crippen LogP contribution >= 0.6 is 7.82 Å². The standard InChI is InChI=1S/C37H74NO8P/c1-34(2)27-23-19-15-11-9-7-8-10-13-17-21-25-29-43-32-36(46-37(40)31-35(3)39)33-45-47(41,42)44-30-26-22-18-14-12-16-20-24-28-38(4,5)6/h34,36H,7-33H2,1-6H3/p+1. The van der Waals surface area contributed by atoms with E-state index in [-0.39, 0.29) is 32.0 Å². The molecule has 0 saturated heterocycles. The van der Waals surface area contributed by atoms with Gasteiger partial charge in [0.25, 0.3) is 0 Å². The number of carbonyl (C=O) groups excluding carboxylic acids is 2. The number of hydrogen-bond donors (Lipinski definition) is 1. The molecule has 0 rings (SSSR count). The summed E-state index contributed by atoms with van der Waals surface area (Å²) in [4.78, 5) is 33.5. The van der Waals surface area contributed by atoms with Gasteiger partial charge in [0.2, 0.25) is 0 Å². The predicted molar refractivity (Wildman–Crippen MR) is 192 cm³/mol. The average molecular weight is 693 g/mol.